The molecule has 0 saturated carbocycles. The van der Waals surface area contributed by atoms with Gasteiger partial charge in [-0.25, -0.2) is 14.8 Å². The molecule has 0 radical (unpaired) electrons. The molecule has 0 fully saturated rings. The number of hydrogen-bond donors (Lipinski definition) is 1. The van der Waals surface area contributed by atoms with Gasteiger partial charge < -0.3 is 19.2 Å². The summed E-state index contributed by atoms with van der Waals surface area (Å²) in [5, 5.41) is 0. The summed E-state index contributed by atoms with van der Waals surface area (Å²) in [6.07, 6.45) is 6.97. The summed E-state index contributed by atoms with van der Waals surface area (Å²) in [6.45, 7) is 1.95. The summed E-state index contributed by atoms with van der Waals surface area (Å²) in [4.78, 5) is 23.3. The van der Waals surface area contributed by atoms with Crippen LogP contribution in [0.1, 0.15) is 6.92 Å². The van der Waals surface area contributed by atoms with E-state index in [2.05, 4.69) is 20.9 Å². The maximum atomic E-state index is 11.4. The molecular formula is C19H17N3O4. The van der Waals surface area contributed by atoms with Crippen molar-refractivity contribution in [3.05, 3.63) is 36.5 Å². The van der Waals surface area contributed by atoms with Crippen molar-refractivity contribution in [2.24, 2.45) is 0 Å². The number of rotatable bonds is 7. The molecule has 0 amide bonds. The van der Waals surface area contributed by atoms with E-state index in [-0.39, 0.29) is 13.2 Å². The summed E-state index contributed by atoms with van der Waals surface area (Å²) < 4.78 is 15.9. The number of benzene rings is 1. The number of aromatic nitrogens is 3. The van der Waals surface area contributed by atoms with Crippen LogP contribution in [0.25, 0.3) is 22.6 Å². The van der Waals surface area contributed by atoms with Gasteiger partial charge in [-0.15, -0.1) is 6.42 Å². The van der Waals surface area contributed by atoms with E-state index < -0.39 is 5.97 Å². The lowest BCUT2D eigenvalue weighted by Crippen LogP contribution is -2.14. The fourth-order valence-electron chi connectivity index (χ4n) is 2.34. The van der Waals surface area contributed by atoms with E-state index in [1.165, 1.54) is 0 Å². The first kappa shape index (κ1) is 17.3. The van der Waals surface area contributed by atoms with E-state index in [4.69, 9.17) is 20.6 Å². The van der Waals surface area contributed by atoms with Crippen molar-refractivity contribution in [1.29, 1.82) is 0 Å². The van der Waals surface area contributed by atoms with Crippen LogP contribution in [0, 0.1) is 12.3 Å². The number of nitrogens with one attached hydrogen (secondary N) is 1. The Morgan fingerprint density at radius 1 is 1.31 bits per heavy atom. The summed E-state index contributed by atoms with van der Waals surface area (Å²) in [5.74, 6) is 3.54. The van der Waals surface area contributed by atoms with Crippen molar-refractivity contribution >= 4 is 17.1 Å². The van der Waals surface area contributed by atoms with Gasteiger partial charge in [0.05, 0.1) is 17.7 Å². The summed E-state index contributed by atoms with van der Waals surface area (Å²) in [7, 11) is 0. The van der Waals surface area contributed by atoms with E-state index in [0.717, 1.165) is 5.52 Å². The number of aromatic amines is 1. The van der Waals surface area contributed by atoms with Gasteiger partial charge >= 0.3 is 5.97 Å². The Morgan fingerprint density at radius 2 is 2.19 bits per heavy atom. The fraction of sp³-hybridized carbons (Fsp3) is 0.211. The molecule has 2 aromatic heterocycles. The molecule has 0 saturated heterocycles. The van der Waals surface area contributed by atoms with Crippen molar-refractivity contribution in [3.8, 4) is 35.2 Å². The Kier molecular flexibility index (Phi) is 5.34. The van der Waals surface area contributed by atoms with E-state index >= 15 is 0 Å². The van der Waals surface area contributed by atoms with Crippen LogP contribution in [0.4, 0.5) is 0 Å². The average Bonchev–Trinajstić information content (AvgIpc) is 3.09. The minimum atomic E-state index is -0.439. The smallest absolute Gasteiger partial charge is 0.344 e. The number of nitrogens with zero attached hydrogens (tertiary/aromatic N) is 2. The van der Waals surface area contributed by atoms with Gasteiger partial charge in [0.2, 0.25) is 0 Å². The molecule has 0 bridgehead atoms. The summed E-state index contributed by atoms with van der Waals surface area (Å²) >= 11 is 0. The first-order valence-electron chi connectivity index (χ1n) is 8.01. The predicted molar refractivity (Wildman–Crippen MR) is 95.8 cm³/mol. The Morgan fingerprint density at radius 3 is 2.96 bits per heavy atom. The number of fused-ring (bicyclic) bond motifs is 1. The van der Waals surface area contributed by atoms with Crippen LogP contribution in [0.2, 0.25) is 0 Å². The molecule has 0 aliphatic rings. The minimum Gasteiger partial charge on any atom is -0.482 e. The number of hydrogen-bond acceptors (Lipinski definition) is 6. The van der Waals surface area contributed by atoms with Crippen molar-refractivity contribution < 1.29 is 19.0 Å². The zero-order valence-electron chi connectivity index (χ0n) is 14.2. The number of esters is 1. The summed E-state index contributed by atoms with van der Waals surface area (Å²) in [5.41, 5.74) is 2.13. The van der Waals surface area contributed by atoms with E-state index in [0.29, 0.717) is 35.1 Å². The van der Waals surface area contributed by atoms with Gasteiger partial charge in [0.25, 0.3) is 0 Å². The Labute approximate surface area is 150 Å². The zero-order chi connectivity index (χ0) is 18.4. The molecule has 3 rings (SSSR count). The molecular weight excluding hydrogens is 334 g/mol. The fourth-order valence-corrected chi connectivity index (χ4v) is 2.34. The number of carbonyl (C=O) groups excluding carboxylic acids is 1. The Hall–Kier alpha value is -3.53. The molecule has 0 unspecified atom stereocenters. The first-order chi connectivity index (χ1) is 12.7. The van der Waals surface area contributed by atoms with E-state index in [1.54, 1.807) is 31.3 Å². The van der Waals surface area contributed by atoms with Crippen molar-refractivity contribution in [3.63, 3.8) is 0 Å². The highest BCUT2D eigenvalue weighted by atomic mass is 16.6. The molecule has 26 heavy (non-hydrogen) atoms. The molecule has 132 valence electrons. The second-order valence-electron chi connectivity index (χ2n) is 5.20. The topological polar surface area (TPSA) is 86.3 Å². The second kappa shape index (κ2) is 8.03. The van der Waals surface area contributed by atoms with Crippen LogP contribution in [0.5, 0.6) is 11.5 Å². The monoisotopic (exact) mass is 351 g/mol. The van der Waals surface area contributed by atoms with E-state index in [9.17, 15) is 4.79 Å². The van der Waals surface area contributed by atoms with Crippen LogP contribution in [-0.2, 0) is 9.53 Å². The number of H-pyrrole nitrogens is 1. The van der Waals surface area contributed by atoms with Crippen LogP contribution < -0.4 is 9.47 Å². The Bertz CT molecular complexity index is 926. The third-order valence-corrected chi connectivity index (χ3v) is 3.44. The predicted octanol–water partition coefficient (Wildman–Crippen LogP) is 2.58. The third-order valence-electron chi connectivity index (χ3n) is 3.44. The van der Waals surface area contributed by atoms with Crippen LogP contribution >= 0.6 is 0 Å². The normalized spacial score (nSPS) is 10.3. The maximum absolute atomic E-state index is 11.4. The minimum absolute atomic E-state index is 0.0901. The van der Waals surface area contributed by atoms with Crippen molar-refractivity contribution in [2.75, 3.05) is 19.8 Å². The third kappa shape index (κ3) is 3.92. The van der Waals surface area contributed by atoms with Crippen molar-refractivity contribution in [1.82, 2.24) is 15.0 Å². The van der Waals surface area contributed by atoms with Crippen LogP contribution in [-0.4, -0.2) is 40.7 Å². The van der Waals surface area contributed by atoms with Gasteiger partial charge in [0, 0.05) is 12.3 Å². The molecule has 0 aliphatic heterocycles. The Balaban J connectivity index is 1.89. The second-order valence-corrected chi connectivity index (χ2v) is 5.20. The van der Waals surface area contributed by atoms with E-state index in [1.807, 2.05) is 12.1 Å². The lowest BCUT2D eigenvalue weighted by molar-refractivity contribution is -0.145. The maximum Gasteiger partial charge on any atom is 0.344 e. The molecule has 7 heteroatoms. The molecule has 0 aliphatic carbocycles. The van der Waals surface area contributed by atoms with Gasteiger partial charge in [-0.1, -0.05) is 5.92 Å². The standard InChI is InChI=1S/C19H17N3O4/c1-3-10-25-16-11-13(26-12-17(23)24-4-2)7-8-14(16)18-21-15-6-5-9-20-19(15)22-18/h1,5-9,11H,4,10,12H2,2H3,(H,20,21,22). The number of ether oxygens (including phenoxy) is 3. The lowest BCUT2D eigenvalue weighted by Gasteiger charge is -2.11. The van der Waals surface area contributed by atoms with Crippen LogP contribution in [0.15, 0.2) is 36.5 Å². The van der Waals surface area contributed by atoms with Gasteiger partial charge in [0.15, 0.2) is 12.3 Å². The summed E-state index contributed by atoms with van der Waals surface area (Å²) in [6, 6.07) is 8.87. The molecule has 0 atom stereocenters. The number of pyridine rings is 1. The van der Waals surface area contributed by atoms with Gasteiger partial charge in [-0.2, -0.15) is 0 Å². The molecule has 7 nitrogen and oxygen atoms in total. The van der Waals surface area contributed by atoms with Gasteiger partial charge in [0.1, 0.15) is 23.9 Å². The highest BCUT2D eigenvalue weighted by molar-refractivity contribution is 5.78. The van der Waals surface area contributed by atoms with Gasteiger partial charge in [-0.05, 0) is 31.2 Å². The quantitative estimate of drug-likeness (QED) is 0.520. The number of terminal acetylenes is 1. The molecule has 2 heterocycles. The number of carbonyl (C=O) groups is 1. The molecule has 1 aromatic carbocycles. The molecule has 0 spiro atoms. The largest absolute Gasteiger partial charge is 0.482 e. The zero-order valence-corrected chi connectivity index (χ0v) is 14.2. The van der Waals surface area contributed by atoms with Gasteiger partial charge in [-0.3, -0.25) is 0 Å². The SMILES string of the molecule is C#CCOc1cc(OCC(=O)OCC)ccc1-c1nc2ncccc2[nH]1. The molecule has 1 N–H and O–H groups in total. The number of imidazole rings is 1. The lowest BCUT2D eigenvalue weighted by atomic mass is 10.2. The highest BCUT2D eigenvalue weighted by Gasteiger charge is 2.14. The highest BCUT2D eigenvalue weighted by Crippen LogP contribution is 2.32. The molecule has 3 aromatic rings. The van der Waals surface area contributed by atoms with Crippen LogP contribution in [0.3, 0.4) is 0 Å². The van der Waals surface area contributed by atoms with Crippen molar-refractivity contribution in [2.45, 2.75) is 6.92 Å². The first-order valence-corrected chi connectivity index (χ1v) is 8.01. The average molecular weight is 351 g/mol.